The van der Waals surface area contributed by atoms with E-state index in [0.29, 0.717) is 19.5 Å². The molecule has 2 atom stereocenters. The number of anilines is 1. The van der Waals surface area contributed by atoms with Crippen molar-refractivity contribution >= 4 is 27.5 Å². The first-order valence-electron chi connectivity index (χ1n) is 9.65. The molecule has 9 nitrogen and oxygen atoms in total. The molecule has 2 amide bonds. The lowest BCUT2D eigenvalue weighted by Crippen LogP contribution is -2.62. The minimum atomic E-state index is -3.55. The van der Waals surface area contributed by atoms with Gasteiger partial charge in [-0.15, -0.1) is 0 Å². The number of nitrogens with zero attached hydrogens (tertiary/aromatic N) is 2. The van der Waals surface area contributed by atoms with Gasteiger partial charge in [0.2, 0.25) is 15.9 Å². The predicted octanol–water partition coefficient (Wildman–Crippen LogP) is -0.594. The van der Waals surface area contributed by atoms with E-state index >= 15 is 0 Å². The zero-order valence-electron chi connectivity index (χ0n) is 16.8. The summed E-state index contributed by atoms with van der Waals surface area (Å²) in [6.07, 6.45) is 1.78. The summed E-state index contributed by atoms with van der Waals surface area (Å²) in [4.78, 5) is 27.5. The van der Waals surface area contributed by atoms with Crippen molar-refractivity contribution in [2.45, 2.75) is 12.0 Å². The Hall–Kier alpha value is -2.17. The van der Waals surface area contributed by atoms with E-state index < -0.39 is 27.4 Å². The molecule has 0 radical (unpaired) electrons. The van der Waals surface area contributed by atoms with Gasteiger partial charge in [-0.25, -0.2) is 8.42 Å². The number of morpholine rings is 1. The van der Waals surface area contributed by atoms with E-state index in [-0.39, 0.29) is 25.6 Å². The predicted molar refractivity (Wildman–Crippen MR) is 109 cm³/mol. The molecule has 10 heteroatoms. The second kappa shape index (κ2) is 8.68. The van der Waals surface area contributed by atoms with Crippen LogP contribution in [0, 0.1) is 5.92 Å². The smallest absolute Gasteiger partial charge is 0.254 e. The van der Waals surface area contributed by atoms with Crippen molar-refractivity contribution in [3.05, 3.63) is 30.3 Å². The molecule has 0 saturated carbocycles. The number of hydrogen-bond acceptors (Lipinski definition) is 6. The molecule has 1 aromatic carbocycles. The number of sulfonamides is 1. The molecule has 3 rings (SSSR count). The molecule has 2 fully saturated rings. The van der Waals surface area contributed by atoms with Gasteiger partial charge in [0.1, 0.15) is 0 Å². The maximum atomic E-state index is 12.8. The summed E-state index contributed by atoms with van der Waals surface area (Å²) in [5.74, 6) is -1.68. The van der Waals surface area contributed by atoms with E-state index in [9.17, 15) is 18.0 Å². The molecule has 2 heterocycles. The first-order chi connectivity index (χ1) is 13.7. The molecule has 0 unspecified atom stereocenters. The van der Waals surface area contributed by atoms with Gasteiger partial charge in [-0.05, 0) is 18.6 Å². The lowest BCUT2D eigenvalue weighted by Gasteiger charge is -2.36. The summed E-state index contributed by atoms with van der Waals surface area (Å²) in [5, 5.41) is 5.55. The Balaban J connectivity index is 1.60. The first kappa shape index (κ1) is 21.5. The molecule has 160 valence electrons. The summed E-state index contributed by atoms with van der Waals surface area (Å²) < 4.78 is 30.9. The second-order valence-corrected chi connectivity index (χ2v) is 9.49. The van der Waals surface area contributed by atoms with Crippen molar-refractivity contribution in [1.29, 1.82) is 0 Å². The van der Waals surface area contributed by atoms with Crippen LogP contribution in [0.15, 0.2) is 30.3 Å². The van der Waals surface area contributed by atoms with E-state index in [1.807, 2.05) is 37.4 Å². The standard InChI is InChI=1S/C19H28N4O5S/c1-22(15-7-4-3-5-8-15)11-6-9-20-17(24)16-13-23(29(2,26)27)14-19(16)18(25)21-10-12-28-19/h3-5,7-8,16H,6,9-14H2,1-2H3,(H,20,24)(H,21,25)/t16-,19-/m1/s1. The van der Waals surface area contributed by atoms with Gasteiger partial charge in [0.15, 0.2) is 5.60 Å². The van der Waals surface area contributed by atoms with Crippen molar-refractivity contribution in [1.82, 2.24) is 14.9 Å². The van der Waals surface area contributed by atoms with Gasteiger partial charge in [0.25, 0.3) is 5.91 Å². The van der Waals surface area contributed by atoms with E-state index in [4.69, 9.17) is 4.74 Å². The summed E-state index contributed by atoms with van der Waals surface area (Å²) >= 11 is 0. The van der Waals surface area contributed by atoms with Gasteiger partial charge < -0.3 is 20.3 Å². The van der Waals surface area contributed by atoms with Gasteiger partial charge in [-0.2, -0.15) is 4.31 Å². The fourth-order valence-corrected chi connectivity index (χ4v) is 4.63. The zero-order valence-corrected chi connectivity index (χ0v) is 17.6. The molecule has 2 N–H and O–H groups in total. The highest BCUT2D eigenvalue weighted by atomic mass is 32.2. The number of rotatable bonds is 7. The summed E-state index contributed by atoms with van der Waals surface area (Å²) in [6, 6.07) is 9.92. The van der Waals surface area contributed by atoms with E-state index in [0.717, 1.165) is 22.8 Å². The van der Waals surface area contributed by atoms with Crippen molar-refractivity contribution in [2.75, 3.05) is 57.5 Å². The number of nitrogens with one attached hydrogen (secondary N) is 2. The van der Waals surface area contributed by atoms with E-state index in [1.165, 1.54) is 0 Å². The Kier molecular flexibility index (Phi) is 6.45. The molecule has 1 spiro atoms. The average Bonchev–Trinajstić information content (AvgIpc) is 3.09. The quantitative estimate of drug-likeness (QED) is 0.567. The van der Waals surface area contributed by atoms with Crippen LogP contribution < -0.4 is 15.5 Å². The Bertz CT molecular complexity index is 847. The molecular weight excluding hydrogens is 396 g/mol. The Morgan fingerprint density at radius 3 is 2.76 bits per heavy atom. The van der Waals surface area contributed by atoms with Crippen LogP contribution in [0.2, 0.25) is 0 Å². The number of amides is 2. The lowest BCUT2D eigenvalue weighted by atomic mass is 9.87. The van der Waals surface area contributed by atoms with Gasteiger partial charge in [0, 0.05) is 38.9 Å². The molecule has 0 aromatic heterocycles. The second-order valence-electron chi connectivity index (χ2n) is 7.50. The minimum Gasteiger partial charge on any atom is -0.375 e. The van der Waals surface area contributed by atoms with Crippen LogP contribution in [0.1, 0.15) is 6.42 Å². The third kappa shape index (κ3) is 4.71. The lowest BCUT2D eigenvalue weighted by molar-refractivity contribution is -0.163. The first-order valence-corrected chi connectivity index (χ1v) is 11.5. The highest BCUT2D eigenvalue weighted by Gasteiger charge is 2.59. The third-order valence-corrected chi connectivity index (χ3v) is 6.66. The topological polar surface area (TPSA) is 108 Å². The number of para-hydroxylation sites is 1. The van der Waals surface area contributed by atoms with Crippen LogP contribution >= 0.6 is 0 Å². The zero-order chi connectivity index (χ0) is 21.1. The highest BCUT2D eigenvalue weighted by Crippen LogP contribution is 2.34. The molecular formula is C19H28N4O5S. The molecule has 0 bridgehead atoms. The fourth-order valence-electron chi connectivity index (χ4n) is 3.79. The molecule has 2 aliphatic rings. The molecule has 1 aromatic rings. The normalized spacial score (nSPS) is 25.0. The Morgan fingerprint density at radius 2 is 2.10 bits per heavy atom. The Morgan fingerprint density at radius 1 is 1.38 bits per heavy atom. The van der Waals surface area contributed by atoms with E-state index in [1.54, 1.807) is 0 Å². The van der Waals surface area contributed by atoms with Crippen molar-refractivity contribution < 1.29 is 22.7 Å². The van der Waals surface area contributed by atoms with Crippen molar-refractivity contribution in [3.8, 4) is 0 Å². The van der Waals surface area contributed by atoms with Gasteiger partial charge in [0.05, 0.1) is 25.3 Å². The monoisotopic (exact) mass is 424 g/mol. The van der Waals surface area contributed by atoms with Crippen LogP contribution in [0.25, 0.3) is 0 Å². The van der Waals surface area contributed by atoms with Gasteiger partial charge in [-0.1, -0.05) is 18.2 Å². The largest absolute Gasteiger partial charge is 0.375 e. The van der Waals surface area contributed by atoms with Crippen LogP contribution in [0.4, 0.5) is 5.69 Å². The third-order valence-electron chi connectivity index (χ3n) is 5.44. The van der Waals surface area contributed by atoms with Crippen LogP contribution in [-0.4, -0.2) is 82.8 Å². The van der Waals surface area contributed by atoms with Gasteiger partial charge in [-0.3, -0.25) is 9.59 Å². The maximum absolute atomic E-state index is 12.8. The molecule has 0 aliphatic carbocycles. The summed E-state index contributed by atoms with van der Waals surface area (Å²) in [5.41, 5.74) is -0.378. The minimum absolute atomic E-state index is 0.0675. The SMILES string of the molecule is CN(CCCNC(=O)[C@H]1CN(S(C)(=O)=O)C[C@@]12OCCNC2=O)c1ccccc1. The fraction of sp³-hybridized carbons (Fsp3) is 0.579. The molecule has 2 saturated heterocycles. The maximum Gasteiger partial charge on any atom is 0.254 e. The highest BCUT2D eigenvalue weighted by molar-refractivity contribution is 7.88. The summed E-state index contributed by atoms with van der Waals surface area (Å²) in [7, 11) is -1.57. The summed E-state index contributed by atoms with van der Waals surface area (Å²) in [6.45, 7) is 1.54. The number of ether oxygens (including phenoxy) is 1. The molecule has 29 heavy (non-hydrogen) atoms. The van der Waals surface area contributed by atoms with Crippen molar-refractivity contribution in [3.63, 3.8) is 0 Å². The number of hydrogen-bond donors (Lipinski definition) is 2. The number of carbonyl (C=O) groups excluding carboxylic acids is 2. The average molecular weight is 425 g/mol. The van der Waals surface area contributed by atoms with Crippen LogP contribution in [0.5, 0.6) is 0 Å². The molecule has 2 aliphatic heterocycles. The Labute approximate surface area is 171 Å². The van der Waals surface area contributed by atoms with Crippen molar-refractivity contribution in [2.24, 2.45) is 5.92 Å². The number of carbonyl (C=O) groups is 2. The number of benzene rings is 1. The van der Waals surface area contributed by atoms with Crippen LogP contribution in [-0.2, 0) is 24.3 Å². The van der Waals surface area contributed by atoms with E-state index in [2.05, 4.69) is 15.5 Å². The van der Waals surface area contributed by atoms with Crippen LogP contribution in [0.3, 0.4) is 0 Å². The van der Waals surface area contributed by atoms with Gasteiger partial charge >= 0.3 is 0 Å².